The maximum absolute atomic E-state index is 7.63. The van der Waals surface area contributed by atoms with Gasteiger partial charge in [0, 0.05) is 10.1 Å². The van der Waals surface area contributed by atoms with Crippen LogP contribution in [0, 0.1) is 0 Å². The Morgan fingerprint density at radius 2 is 1.82 bits per heavy atom. The molecule has 0 fully saturated rings. The Hall–Kier alpha value is -2.00. The van der Waals surface area contributed by atoms with Gasteiger partial charge >= 0.3 is 0 Å². The Labute approximate surface area is 103 Å². The van der Waals surface area contributed by atoms with Crippen LogP contribution in [0.5, 0.6) is 0 Å². The minimum Gasteiger partial charge on any atom is -0.243 e. The number of hydrogen-bond donors (Lipinski definition) is 0. The monoisotopic (exact) mass is 237 g/mol. The summed E-state index contributed by atoms with van der Waals surface area (Å²) >= 11 is 1.65. The first-order chi connectivity index (χ1) is 8.81. The van der Waals surface area contributed by atoms with E-state index in [0.29, 0.717) is 6.04 Å². The first kappa shape index (κ1) is 8.14. The summed E-state index contributed by atoms with van der Waals surface area (Å²) < 4.78 is 8.83. The van der Waals surface area contributed by atoms with Gasteiger partial charge in [-0.1, -0.05) is 30.3 Å². The summed E-state index contributed by atoms with van der Waals surface area (Å²) in [5.74, 6) is 0. The van der Waals surface area contributed by atoms with Crippen LogP contribution in [0.2, 0.25) is 0 Å². The SMILES string of the molecule is [2H]c1ccc2nc3c(nc2c1)sc1ccccc13. The molecule has 0 atom stereocenters. The van der Waals surface area contributed by atoms with Crippen molar-refractivity contribution in [2.75, 3.05) is 0 Å². The zero-order valence-corrected chi connectivity index (χ0v) is 9.66. The lowest BCUT2D eigenvalue weighted by Crippen LogP contribution is -1.82. The Kier molecular flexibility index (Phi) is 1.55. The van der Waals surface area contributed by atoms with E-state index in [4.69, 9.17) is 1.37 Å². The molecule has 17 heavy (non-hydrogen) atoms. The number of rotatable bonds is 0. The minimum atomic E-state index is 0.470. The van der Waals surface area contributed by atoms with E-state index in [0.717, 1.165) is 26.8 Å². The predicted molar refractivity (Wildman–Crippen MR) is 72.4 cm³/mol. The van der Waals surface area contributed by atoms with Gasteiger partial charge in [0.25, 0.3) is 0 Å². The van der Waals surface area contributed by atoms with E-state index in [9.17, 15) is 0 Å². The zero-order valence-electron chi connectivity index (χ0n) is 9.84. The molecule has 2 heterocycles. The first-order valence-electron chi connectivity index (χ1n) is 5.87. The van der Waals surface area contributed by atoms with Crippen molar-refractivity contribution in [2.45, 2.75) is 0 Å². The molecule has 0 unspecified atom stereocenters. The van der Waals surface area contributed by atoms with Crippen molar-refractivity contribution in [2.24, 2.45) is 0 Å². The molecule has 4 aromatic rings. The molecule has 0 saturated carbocycles. The molecule has 0 saturated heterocycles. The van der Waals surface area contributed by atoms with E-state index in [-0.39, 0.29) is 0 Å². The molecule has 0 bridgehead atoms. The van der Waals surface area contributed by atoms with E-state index in [1.54, 1.807) is 23.5 Å². The molecule has 0 N–H and O–H groups in total. The van der Waals surface area contributed by atoms with Crippen LogP contribution in [0.25, 0.3) is 31.5 Å². The molecule has 0 aliphatic heterocycles. The second-order valence-corrected chi connectivity index (χ2v) is 4.92. The summed E-state index contributed by atoms with van der Waals surface area (Å²) in [6.45, 7) is 0. The van der Waals surface area contributed by atoms with Crippen molar-refractivity contribution in [3.05, 3.63) is 48.5 Å². The lowest BCUT2D eigenvalue weighted by atomic mass is 10.2. The van der Waals surface area contributed by atoms with E-state index in [1.165, 1.54) is 4.70 Å². The van der Waals surface area contributed by atoms with Crippen molar-refractivity contribution in [1.82, 2.24) is 9.97 Å². The normalized spacial score (nSPS) is 12.4. The maximum atomic E-state index is 7.63. The molecule has 0 radical (unpaired) electrons. The Balaban J connectivity index is 2.23. The molecule has 0 aliphatic rings. The second kappa shape index (κ2) is 3.25. The standard InChI is InChI=1S/C14H8N2S/c1-4-8-12-9(5-1)13-14(17-12)16-11-7-3-2-6-10(11)15-13/h1-8H/i3D. The van der Waals surface area contributed by atoms with Gasteiger partial charge in [-0.15, -0.1) is 11.3 Å². The second-order valence-electron chi connectivity index (χ2n) is 3.89. The third-order valence-electron chi connectivity index (χ3n) is 2.83. The van der Waals surface area contributed by atoms with E-state index < -0.39 is 0 Å². The Morgan fingerprint density at radius 1 is 0.941 bits per heavy atom. The molecule has 0 spiro atoms. The molecule has 2 aromatic heterocycles. The fraction of sp³-hybridized carbons (Fsp3) is 0. The van der Waals surface area contributed by atoms with Gasteiger partial charge < -0.3 is 0 Å². The van der Waals surface area contributed by atoms with E-state index in [2.05, 4.69) is 22.1 Å². The molecule has 0 aliphatic carbocycles. The van der Waals surface area contributed by atoms with Crippen LogP contribution in [0.15, 0.2) is 48.5 Å². The summed E-state index contributed by atoms with van der Waals surface area (Å²) in [4.78, 5) is 10.2. The third kappa shape index (κ3) is 1.26. The highest BCUT2D eigenvalue weighted by Crippen LogP contribution is 2.32. The van der Waals surface area contributed by atoms with Crippen molar-refractivity contribution >= 4 is 42.8 Å². The third-order valence-corrected chi connectivity index (χ3v) is 3.88. The summed E-state index contributed by atoms with van der Waals surface area (Å²) in [5, 5.41) is 1.15. The molecule has 0 amide bonds. The van der Waals surface area contributed by atoms with Gasteiger partial charge in [-0.25, -0.2) is 9.97 Å². The van der Waals surface area contributed by atoms with Crippen LogP contribution in [0.1, 0.15) is 1.37 Å². The molecule has 2 nitrogen and oxygen atoms in total. The van der Waals surface area contributed by atoms with Gasteiger partial charge in [0.15, 0.2) is 0 Å². The summed E-state index contributed by atoms with van der Waals surface area (Å²) in [6.07, 6.45) is 0. The van der Waals surface area contributed by atoms with Gasteiger partial charge in [-0.3, -0.25) is 0 Å². The number of benzene rings is 2. The fourth-order valence-electron chi connectivity index (χ4n) is 2.03. The Bertz CT molecular complexity index is 898. The smallest absolute Gasteiger partial charge is 0.143 e. The van der Waals surface area contributed by atoms with Crippen LogP contribution in [-0.4, -0.2) is 9.97 Å². The molecular formula is C14H8N2S. The van der Waals surface area contributed by atoms with Crippen LogP contribution in [-0.2, 0) is 0 Å². The van der Waals surface area contributed by atoms with Crippen LogP contribution < -0.4 is 0 Å². The topological polar surface area (TPSA) is 25.8 Å². The average molecular weight is 237 g/mol. The van der Waals surface area contributed by atoms with Crippen molar-refractivity contribution in [3.8, 4) is 0 Å². The Morgan fingerprint density at radius 3 is 2.82 bits per heavy atom. The minimum absolute atomic E-state index is 0.470. The van der Waals surface area contributed by atoms with Crippen molar-refractivity contribution in [1.29, 1.82) is 0 Å². The number of fused-ring (bicyclic) bond motifs is 4. The predicted octanol–water partition coefficient (Wildman–Crippen LogP) is 4.00. The maximum Gasteiger partial charge on any atom is 0.143 e. The summed E-state index contributed by atoms with van der Waals surface area (Å²) in [7, 11) is 0. The number of hydrogen-bond acceptors (Lipinski definition) is 3. The lowest BCUT2D eigenvalue weighted by molar-refractivity contribution is 1.43. The van der Waals surface area contributed by atoms with Gasteiger partial charge in [0.1, 0.15) is 10.3 Å². The van der Waals surface area contributed by atoms with Crippen LogP contribution in [0.4, 0.5) is 0 Å². The summed E-state index contributed by atoms with van der Waals surface area (Å²) in [5.41, 5.74) is 2.60. The van der Waals surface area contributed by atoms with Gasteiger partial charge in [-0.2, -0.15) is 0 Å². The number of aromatic nitrogens is 2. The highest BCUT2D eigenvalue weighted by atomic mass is 32.1. The van der Waals surface area contributed by atoms with Crippen LogP contribution >= 0.6 is 11.3 Å². The highest BCUT2D eigenvalue weighted by Gasteiger charge is 2.08. The molecule has 80 valence electrons. The van der Waals surface area contributed by atoms with Crippen molar-refractivity contribution < 1.29 is 1.37 Å². The molecular weight excluding hydrogens is 228 g/mol. The van der Waals surface area contributed by atoms with E-state index >= 15 is 0 Å². The molecule has 2 aromatic carbocycles. The largest absolute Gasteiger partial charge is 0.243 e. The van der Waals surface area contributed by atoms with Crippen molar-refractivity contribution in [3.63, 3.8) is 0 Å². The number of para-hydroxylation sites is 2. The molecule has 3 heteroatoms. The fourth-order valence-corrected chi connectivity index (χ4v) is 3.06. The number of thiophene rings is 1. The van der Waals surface area contributed by atoms with Gasteiger partial charge in [0.05, 0.1) is 12.4 Å². The van der Waals surface area contributed by atoms with Crippen LogP contribution in [0.3, 0.4) is 0 Å². The van der Waals surface area contributed by atoms with Gasteiger partial charge in [-0.05, 0) is 18.2 Å². The highest BCUT2D eigenvalue weighted by molar-refractivity contribution is 7.25. The zero-order chi connectivity index (χ0) is 12.1. The average Bonchev–Trinajstić information content (AvgIpc) is 2.73. The quantitative estimate of drug-likeness (QED) is 0.462. The van der Waals surface area contributed by atoms with E-state index in [1.807, 2.05) is 18.2 Å². The number of nitrogens with zero attached hydrogens (tertiary/aromatic N) is 2. The summed E-state index contributed by atoms with van der Waals surface area (Å²) in [6, 6.07) is 14.0. The first-order valence-corrected chi connectivity index (χ1v) is 6.18. The molecule has 4 rings (SSSR count). The lowest BCUT2D eigenvalue weighted by Gasteiger charge is -1.95. The van der Waals surface area contributed by atoms with Gasteiger partial charge in [0.2, 0.25) is 0 Å².